The number of rotatable bonds is 7. The third-order valence-corrected chi connectivity index (χ3v) is 4.68. The number of carbonyl (C=O) groups excluding carboxylic acids is 1. The summed E-state index contributed by atoms with van der Waals surface area (Å²) in [4.78, 5) is 12.2. The molecule has 0 saturated carbocycles. The maximum atomic E-state index is 12.2. The van der Waals surface area contributed by atoms with Gasteiger partial charge in [0, 0.05) is 25.5 Å². The fourth-order valence-electron chi connectivity index (χ4n) is 3.21. The molecule has 1 N–H and O–H groups in total. The summed E-state index contributed by atoms with van der Waals surface area (Å²) in [5.41, 5.74) is 1.01. The lowest BCUT2D eigenvalue weighted by Crippen LogP contribution is -2.25. The Bertz CT molecular complexity index is 735. The Morgan fingerprint density at radius 2 is 1.88 bits per heavy atom. The molecule has 3 rings (SSSR count). The summed E-state index contributed by atoms with van der Waals surface area (Å²) >= 11 is 0. The van der Waals surface area contributed by atoms with E-state index >= 15 is 0 Å². The zero-order valence-electron chi connectivity index (χ0n) is 15.5. The predicted molar refractivity (Wildman–Crippen MR) is 97.3 cm³/mol. The first-order chi connectivity index (χ1) is 12.7. The van der Waals surface area contributed by atoms with Crippen LogP contribution in [0, 0.1) is 0 Å². The molecule has 0 aliphatic carbocycles. The highest BCUT2D eigenvalue weighted by Gasteiger charge is 2.15. The molecule has 0 spiro atoms. The highest BCUT2D eigenvalue weighted by Crippen LogP contribution is 2.23. The normalized spacial score (nSPS) is 13.6. The Morgan fingerprint density at radius 3 is 2.62 bits per heavy atom. The van der Waals surface area contributed by atoms with E-state index in [1.807, 2.05) is 18.2 Å². The third kappa shape index (κ3) is 4.53. The SMILES string of the molecule is COc1cc(CCC(=O)NCc2nnc3n2CCCCC3)cc(OC)c1. The summed E-state index contributed by atoms with van der Waals surface area (Å²) < 4.78 is 12.7. The van der Waals surface area contributed by atoms with Crippen molar-refractivity contribution in [2.24, 2.45) is 0 Å². The zero-order chi connectivity index (χ0) is 18.4. The maximum absolute atomic E-state index is 12.2. The van der Waals surface area contributed by atoms with E-state index in [4.69, 9.17) is 9.47 Å². The van der Waals surface area contributed by atoms with Crippen molar-refractivity contribution >= 4 is 5.91 Å². The standard InChI is InChI=1S/C19H26N4O3/c1-25-15-10-14(11-16(12-15)26-2)7-8-19(24)20-13-18-22-21-17-6-4-3-5-9-23(17)18/h10-12H,3-9,13H2,1-2H3,(H,20,24). The minimum atomic E-state index is -0.00208. The number of nitrogens with one attached hydrogen (secondary N) is 1. The second kappa shape index (κ2) is 8.69. The van der Waals surface area contributed by atoms with Crippen LogP contribution < -0.4 is 14.8 Å². The third-order valence-electron chi connectivity index (χ3n) is 4.68. The molecule has 1 amide bonds. The van der Waals surface area contributed by atoms with Crippen molar-refractivity contribution in [1.82, 2.24) is 20.1 Å². The number of nitrogens with zero attached hydrogens (tertiary/aromatic N) is 3. The molecule has 0 fully saturated rings. The molecule has 0 radical (unpaired) electrons. The van der Waals surface area contributed by atoms with E-state index in [-0.39, 0.29) is 5.91 Å². The number of aryl methyl sites for hydroxylation is 2. The van der Waals surface area contributed by atoms with Gasteiger partial charge in [-0.05, 0) is 37.0 Å². The number of benzene rings is 1. The molecule has 1 aromatic heterocycles. The number of carbonyl (C=O) groups is 1. The minimum Gasteiger partial charge on any atom is -0.497 e. The van der Waals surface area contributed by atoms with Gasteiger partial charge in [0.15, 0.2) is 5.82 Å². The number of fused-ring (bicyclic) bond motifs is 1. The van der Waals surface area contributed by atoms with E-state index in [1.54, 1.807) is 14.2 Å². The van der Waals surface area contributed by atoms with E-state index in [2.05, 4.69) is 20.1 Å². The average molecular weight is 358 g/mol. The largest absolute Gasteiger partial charge is 0.497 e. The molecule has 1 aliphatic rings. The molecular weight excluding hydrogens is 332 g/mol. The van der Waals surface area contributed by atoms with Crippen LogP contribution in [0.25, 0.3) is 0 Å². The lowest BCUT2D eigenvalue weighted by Gasteiger charge is -2.10. The van der Waals surface area contributed by atoms with Gasteiger partial charge in [-0.15, -0.1) is 10.2 Å². The molecule has 140 valence electrons. The first-order valence-electron chi connectivity index (χ1n) is 9.09. The molecule has 2 aromatic rings. The van der Waals surface area contributed by atoms with Crippen LogP contribution in [0.4, 0.5) is 0 Å². The summed E-state index contributed by atoms with van der Waals surface area (Å²) in [6.07, 6.45) is 5.52. The molecular formula is C19H26N4O3. The van der Waals surface area contributed by atoms with Crippen LogP contribution in [-0.2, 0) is 30.7 Å². The molecule has 0 unspecified atom stereocenters. The van der Waals surface area contributed by atoms with Crippen molar-refractivity contribution < 1.29 is 14.3 Å². The first-order valence-corrected chi connectivity index (χ1v) is 9.09. The quantitative estimate of drug-likeness (QED) is 0.821. The Hall–Kier alpha value is -2.57. The number of methoxy groups -OCH3 is 2. The van der Waals surface area contributed by atoms with Gasteiger partial charge in [0.2, 0.25) is 5.91 Å². The predicted octanol–water partition coefficient (Wildman–Crippen LogP) is 2.27. The summed E-state index contributed by atoms with van der Waals surface area (Å²) in [6, 6.07) is 5.67. The monoisotopic (exact) mass is 358 g/mol. The molecule has 1 aromatic carbocycles. The second-order valence-corrected chi connectivity index (χ2v) is 6.49. The number of amides is 1. The van der Waals surface area contributed by atoms with Crippen LogP contribution in [0.5, 0.6) is 11.5 Å². The van der Waals surface area contributed by atoms with Crippen molar-refractivity contribution in [2.45, 2.75) is 51.6 Å². The van der Waals surface area contributed by atoms with Gasteiger partial charge in [0.05, 0.1) is 20.8 Å². The highest BCUT2D eigenvalue weighted by atomic mass is 16.5. The first kappa shape index (κ1) is 18.2. The topological polar surface area (TPSA) is 78.3 Å². The van der Waals surface area contributed by atoms with E-state index < -0.39 is 0 Å². The molecule has 0 bridgehead atoms. The van der Waals surface area contributed by atoms with E-state index in [1.165, 1.54) is 6.42 Å². The van der Waals surface area contributed by atoms with E-state index in [0.29, 0.717) is 19.4 Å². The van der Waals surface area contributed by atoms with Crippen molar-refractivity contribution in [3.8, 4) is 11.5 Å². The lowest BCUT2D eigenvalue weighted by atomic mass is 10.1. The van der Waals surface area contributed by atoms with Gasteiger partial charge in [-0.2, -0.15) is 0 Å². The summed E-state index contributed by atoms with van der Waals surface area (Å²) in [6.45, 7) is 1.37. The summed E-state index contributed by atoms with van der Waals surface area (Å²) in [5, 5.41) is 11.5. The van der Waals surface area contributed by atoms with Crippen LogP contribution in [-0.4, -0.2) is 34.9 Å². The second-order valence-electron chi connectivity index (χ2n) is 6.49. The van der Waals surface area contributed by atoms with Gasteiger partial charge < -0.3 is 19.4 Å². The number of hydrogen-bond acceptors (Lipinski definition) is 5. The average Bonchev–Trinajstić information content (AvgIpc) is 2.90. The molecule has 7 nitrogen and oxygen atoms in total. The summed E-state index contributed by atoms with van der Waals surface area (Å²) in [5.74, 6) is 3.34. The molecule has 0 saturated heterocycles. The van der Waals surface area contributed by atoms with Gasteiger partial charge in [0.1, 0.15) is 17.3 Å². The van der Waals surface area contributed by atoms with Gasteiger partial charge in [-0.3, -0.25) is 4.79 Å². The van der Waals surface area contributed by atoms with Crippen molar-refractivity contribution in [1.29, 1.82) is 0 Å². The van der Waals surface area contributed by atoms with Gasteiger partial charge in [-0.1, -0.05) is 6.42 Å². The maximum Gasteiger partial charge on any atom is 0.220 e. The van der Waals surface area contributed by atoms with Gasteiger partial charge in [0.25, 0.3) is 0 Å². The van der Waals surface area contributed by atoms with Crippen LogP contribution in [0.1, 0.15) is 42.9 Å². The van der Waals surface area contributed by atoms with Crippen LogP contribution in [0.2, 0.25) is 0 Å². The number of hydrogen-bond donors (Lipinski definition) is 1. The number of ether oxygens (including phenoxy) is 2. The zero-order valence-corrected chi connectivity index (χ0v) is 15.5. The van der Waals surface area contributed by atoms with Crippen LogP contribution >= 0.6 is 0 Å². The summed E-state index contributed by atoms with van der Waals surface area (Å²) in [7, 11) is 3.24. The van der Waals surface area contributed by atoms with Gasteiger partial charge >= 0.3 is 0 Å². The molecule has 0 atom stereocenters. The molecule has 7 heteroatoms. The highest BCUT2D eigenvalue weighted by molar-refractivity contribution is 5.76. The Balaban J connectivity index is 1.53. The fourth-order valence-corrected chi connectivity index (χ4v) is 3.21. The van der Waals surface area contributed by atoms with Gasteiger partial charge in [-0.25, -0.2) is 0 Å². The van der Waals surface area contributed by atoms with E-state index in [0.717, 1.165) is 54.5 Å². The lowest BCUT2D eigenvalue weighted by molar-refractivity contribution is -0.121. The minimum absolute atomic E-state index is 0.00208. The van der Waals surface area contributed by atoms with Crippen LogP contribution in [0.3, 0.4) is 0 Å². The van der Waals surface area contributed by atoms with Crippen molar-refractivity contribution in [3.63, 3.8) is 0 Å². The molecule has 1 aliphatic heterocycles. The number of aromatic nitrogens is 3. The van der Waals surface area contributed by atoms with Crippen molar-refractivity contribution in [2.75, 3.05) is 14.2 Å². The smallest absolute Gasteiger partial charge is 0.220 e. The fraction of sp³-hybridized carbons (Fsp3) is 0.526. The Morgan fingerprint density at radius 1 is 1.12 bits per heavy atom. The van der Waals surface area contributed by atoms with E-state index in [9.17, 15) is 4.79 Å². The molecule has 2 heterocycles. The Labute approximate surface area is 153 Å². The Kier molecular flexibility index (Phi) is 6.09. The molecule has 26 heavy (non-hydrogen) atoms. The van der Waals surface area contributed by atoms with Crippen LogP contribution in [0.15, 0.2) is 18.2 Å². The van der Waals surface area contributed by atoms with Crippen molar-refractivity contribution in [3.05, 3.63) is 35.4 Å².